The predicted molar refractivity (Wildman–Crippen MR) is 62.1 cm³/mol. The molecule has 0 saturated carbocycles. The summed E-state index contributed by atoms with van der Waals surface area (Å²) < 4.78 is 18.1. The summed E-state index contributed by atoms with van der Waals surface area (Å²) in [7, 11) is 0. The van der Waals surface area contributed by atoms with E-state index in [9.17, 15) is 9.18 Å². The van der Waals surface area contributed by atoms with Crippen LogP contribution in [0.2, 0.25) is 0 Å². The van der Waals surface area contributed by atoms with Gasteiger partial charge < -0.3 is 10.2 Å². The third-order valence-electron chi connectivity index (χ3n) is 2.38. The molecule has 4 heteroatoms. The van der Waals surface area contributed by atoms with E-state index < -0.39 is 0 Å². The van der Waals surface area contributed by atoms with Crippen LogP contribution in [0.5, 0.6) is 0 Å². The van der Waals surface area contributed by atoms with Crippen LogP contribution < -0.4 is 5.73 Å². The summed E-state index contributed by atoms with van der Waals surface area (Å²) in [6.45, 7) is 0.297. The molecule has 2 N–H and O–H groups in total. The molecule has 1 aromatic heterocycles. The molecule has 1 heterocycles. The third-order valence-corrected chi connectivity index (χ3v) is 2.38. The molecule has 0 fully saturated rings. The van der Waals surface area contributed by atoms with Crippen molar-refractivity contribution >= 4 is 5.78 Å². The van der Waals surface area contributed by atoms with Gasteiger partial charge in [0, 0.05) is 12.0 Å². The Morgan fingerprint density at radius 3 is 2.53 bits per heavy atom. The number of ketones is 1. The second-order valence-electron chi connectivity index (χ2n) is 3.63. The highest BCUT2D eigenvalue weighted by molar-refractivity contribution is 5.94. The lowest BCUT2D eigenvalue weighted by Crippen LogP contribution is -2.06. The average molecular weight is 233 g/mol. The van der Waals surface area contributed by atoms with Gasteiger partial charge in [-0.2, -0.15) is 0 Å². The second-order valence-corrected chi connectivity index (χ2v) is 3.63. The van der Waals surface area contributed by atoms with Gasteiger partial charge >= 0.3 is 0 Å². The molecule has 0 aliphatic rings. The SMILES string of the molecule is NCCC(=O)c1ccc(-c2ccc(F)cc2)o1. The number of hydrogen-bond donors (Lipinski definition) is 1. The van der Waals surface area contributed by atoms with Gasteiger partial charge in [-0.25, -0.2) is 4.39 Å². The number of nitrogens with two attached hydrogens (primary N) is 1. The van der Waals surface area contributed by atoms with E-state index in [1.54, 1.807) is 24.3 Å². The third kappa shape index (κ3) is 2.60. The van der Waals surface area contributed by atoms with Crippen LogP contribution in [0.3, 0.4) is 0 Å². The minimum Gasteiger partial charge on any atom is -0.453 e. The van der Waals surface area contributed by atoms with Gasteiger partial charge in [-0.05, 0) is 42.9 Å². The normalized spacial score (nSPS) is 10.5. The molecule has 0 aliphatic carbocycles. The van der Waals surface area contributed by atoms with E-state index in [0.29, 0.717) is 12.3 Å². The topological polar surface area (TPSA) is 56.2 Å². The molecule has 0 aliphatic heterocycles. The Labute approximate surface area is 98.0 Å². The zero-order chi connectivity index (χ0) is 12.3. The Morgan fingerprint density at radius 1 is 1.18 bits per heavy atom. The van der Waals surface area contributed by atoms with Crippen molar-refractivity contribution in [1.29, 1.82) is 0 Å². The van der Waals surface area contributed by atoms with Gasteiger partial charge in [0.1, 0.15) is 11.6 Å². The Morgan fingerprint density at radius 2 is 1.88 bits per heavy atom. The Bertz CT molecular complexity index is 516. The van der Waals surface area contributed by atoms with Gasteiger partial charge in [0.25, 0.3) is 0 Å². The standard InChI is InChI=1S/C13H12FNO2/c14-10-3-1-9(2-4-10)12-5-6-13(17-12)11(16)7-8-15/h1-6H,7-8,15H2. The molecule has 1 aromatic carbocycles. The zero-order valence-corrected chi connectivity index (χ0v) is 9.15. The van der Waals surface area contributed by atoms with Crippen LogP contribution >= 0.6 is 0 Å². The Hall–Kier alpha value is -1.94. The van der Waals surface area contributed by atoms with E-state index in [1.165, 1.54) is 12.1 Å². The van der Waals surface area contributed by atoms with Crippen molar-refractivity contribution in [2.24, 2.45) is 5.73 Å². The fraction of sp³-hybridized carbons (Fsp3) is 0.154. The number of furan rings is 1. The van der Waals surface area contributed by atoms with Crippen LogP contribution in [0.1, 0.15) is 17.0 Å². The van der Waals surface area contributed by atoms with Gasteiger partial charge in [0.15, 0.2) is 11.5 Å². The highest BCUT2D eigenvalue weighted by Crippen LogP contribution is 2.22. The van der Waals surface area contributed by atoms with Crippen LogP contribution in [0.15, 0.2) is 40.8 Å². The molecule has 2 rings (SSSR count). The Balaban J connectivity index is 2.23. The fourth-order valence-electron chi connectivity index (χ4n) is 1.51. The van der Waals surface area contributed by atoms with E-state index >= 15 is 0 Å². The van der Waals surface area contributed by atoms with Crippen molar-refractivity contribution in [3.8, 4) is 11.3 Å². The van der Waals surface area contributed by atoms with Gasteiger partial charge in [-0.15, -0.1) is 0 Å². The summed E-state index contributed by atoms with van der Waals surface area (Å²) in [5.74, 6) is 0.403. The summed E-state index contributed by atoms with van der Waals surface area (Å²) >= 11 is 0. The minimum atomic E-state index is -0.306. The largest absolute Gasteiger partial charge is 0.453 e. The molecule has 0 saturated heterocycles. The molecule has 88 valence electrons. The Kier molecular flexibility index (Phi) is 3.35. The molecule has 0 amide bonds. The first-order valence-electron chi connectivity index (χ1n) is 5.30. The summed E-state index contributed by atoms with van der Waals surface area (Å²) in [5.41, 5.74) is 6.03. The summed E-state index contributed by atoms with van der Waals surface area (Å²) in [4.78, 5) is 11.5. The molecule has 0 spiro atoms. The summed E-state index contributed by atoms with van der Waals surface area (Å²) in [5, 5.41) is 0. The number of carbonyl (C=O) groups is 1. The summed E-state index contributed by atoms with van der Waals surface area (Å²) in [6.07, 6.45) is 0.260. The number of halogens is 1. The lowest BCUT2D eigenvalue weighted by molar-refractivity contribution is 0.0959. The molecule has 17 heavy (non-hydrogen) atoms. The second kappa shape index (κ2) is 4.93. The lowest BCUT2D eigenvalue weighted by atomic mass is 10.2. The van der Waals surface area contributed by atoms with E-state index in [0.717, 1.165) is 5.56 Å². The van der Waals surface area contributed by atoms with Crippen LogP contribution in [0.25, 0.3) is 11.3 Å². The first kappa shape index (κ1) is 11.5. The molecule has 0 radical (unpaired) electrons. The zero-order valence-electron chi connectivity index (χ0n) is 9.15. The van der Waals surface area contributed by atoms with Crippen molar-refractivity contribution in [2.75, 3.05) is 6.54 Å². The molecular weight excluding hydrogens is 221 g/mol. The molecule has 0 bridgehead atoms. The van der Waals surface area contributed by atoms with Crippen molar-refractivity contribution < 1.29 is 13.6 Å². The van der Waals surface area contributed by atoms with Crippen LogP contribution in [0, 0.1) is 5.82 Å². The van der Waals surface area contributed by atoms with Crippen molar-refractivity contribution in [2.45, 2.75) is 6.42 Å². The molecule has 0 unspecified atom stereocenters. The number of Topliss-reactive ketones (excluding diaryl/α,β-unsaturated/α-hetero) is 1. The van der Waals surface area contributed by atoms with Crippen molar-refractivity contribution in [3.05, 3.63) is 48.0 Å². The van der Waals surface area contributed by atoms with Gasteiger partial charge in [0.05, 0.1) is 0 Å². The smallest absolute Gasteiger partial charge is 0.199 e. The van der Waals surface area contributed by atoms with Crippen LogP contribution in [-0.2, 0) is 0 Å². The van der Waals surface area contributed by atoms with Crippen molar-refractivity contribution in [3.63, 3.8) is 0 Å². The number of carbonyl (C=O) groups excluding carboxylic acids is 1. The van der Waals surface area contributed by atoms with Crippen molar-refractivity contribution in [1.82, 2.24) is 0 Å². The quantitative estimate of drug-likeness (QED) is 0.826. The molecule has 3 nitrogen and oxygen atoms in total. The number of benzene rings is 1. The number of hydrogen-bond acceptors (Lipinski definition) is 3. The number of rotatable bonds is 4. The maximum absolute atomic E-state index is 12.7. The van der Waals surface area contributed by atoms with Gasteiger partial charge in [0.2, 0.25) is 0 Å². The first-order valence-corrected chi connectivity index (χ1v) is 5.30. The maximum atomic E-state index is 12.7. The van der Waals surface area contributed by atoms with Gasteiger partial charge in [-0.3, -0.25) is 4.79 Å². The first-order chi connectivity index (χ1) is 8.20. The highest BCUT2D eigenvalue weighted by atomic mass is 19.1. The predicted octanol–water partition coefficient (Wildman–Crippen LogP) is 2.62. The maximum Gasteiger partial charge on any atom is 0.199 e. The van der Waals surface area contributed by atoms with E-state index in [4.69, 9.17) is 10.2 Å². The van der Waals surface area contributed by atoms with Crippen LogP contribution in [0.4, 0.5) is 4.39 Å². The lowest BCUT2D eigenvalue weighted by Gasteiger charge is -1.97. The van der Waals surface area contributed by atoms with E-state index in [-0.39, 0.29) is 23.8 Å². The highest BCUT2D eigenvalue weighted by Gasteiger charge is 2.11. The van der Waals surface area contributed by atoms with E-state index in [1.807, 2.05) is 0 Å². The summed E-state index contributed by atoms with van der Waals surface area (Å²) in [6, 6.07) is 9.20. The minimum absolute atomic E-state index is 0.124. The molecule has 2 aromatic rings. The van der Waals surface area contributed by atoms with Crippen LogP contribution in [-0.4, -0.2) is 12.3 Å². The van der Waals surface area contributed by atoms with Gasteiger partial charge in [-0.1, -0.05) is 0 Å². The van der Waals surface area contributed by atoms with E-state index in [2.05, 4.69) is 0 Å². The molecule has 0 atom stereocenters. The monoisotopic (exact) mass is 233 g/mol. The molecular formula is C13H12FNO2. The average Bonchev–Trinajstić information content (AvgIpc) is 2.80. The fourth-order valence-corrected chi connectivity index (χ4v) is 1.51.